The van der Waals surface area contributed by atoms with Crippen LogP contribution in [0.5, 0.6) is 5.75 Å². The molecule has 2 amide bonds. The zero-order valence-corrected chi connectivity index (χ0v) is 25.3. The van der Waals surface area contributed by atoms with Gasteiger partial charge in [-0.1, -0.05) is 6.07 Å². The lowest BCUT2D eigenvalue weighted by molar-refractivity contribution is 0.0696. The number of carbonyl (C=O) groups excluding carboxylic acids is 2. The lowest BCUT2D eigenvalue weighted by atomic mass is 10.0. The number of anilines is 1. The summed E-state index contributed by atoms with van der Waals surface area (Å²) in [6, 6.07) is 13.2. The summed E-state index contributed by atoms with van der Waals surface area (Å²) in [6.45, 7) is 0. The van der Waals surface area contributed by atoms with Crippen LogP contribution in [-0.4, -0.2) is 53.9 Å². The molecule has 0 saturated carbocycles. The third kappa shape index (κ3) is 5.69. The molecule has 1 heterocycles. The van der Waals surface area contributed by atoms with Crippen molar-refractivity contribution in [3.63, 3.8) is 0 Å². The zero-order chi connectivity index (χ0) is 34.7. The molecular formula is C29H18N6O11S2. The molecule has 7 N–H and O–H groups in total. The summed E-state index contributed by atoms with van der Waals surface area (Å²) in [5.74, 6) is -3.49. The van der Waals surface area contributed by atoms with Crippen LogP contribution in [0.3, 0.4) is 0 Å². The van der Waals surface area contributed by atoms with Crippen molar-refractivity contribution in [3.8, 4) is 5.75 Å². The number of amides is 2. The van der Waals surface area contributed by atoms with Crippen molar-refractivity contribution in [2.24, 2.45) is 20.5 Å². The number of phenolic OH excluding ortho intramolecular Hbond substituents is 1. The second-order valence-electron chi connectivity index (χ2n) is 10.2. The highest BCUT2D eigenvalue weighted by Gasteiger charge is 2.27. The fourth-order valence-corrected chi connectivity index (χ4v) is 6.11. The predicted molar refractivity (Wildman–Crippen MR) is 167 cm³/mol. The first-order chi connectivity index (χ1) is 22.5. The number of nitrogens with one attached hydrogen (secondary N) is 1. The molecule has 0 aliphatic carbocycles. The molecule has 0 bridgehead atoms. The molecule has 5 aromatic rings. The molecule has 1 aliphatic rings. The largest absolute Gasteiger partial charge is 0.505 e. The van der Waals surface area contributed by atoms with Crippen molar-refractivity contribution in [2.45, 2.75) is 9.79 Å². The first-order valence-corrected chi connectivity index (χ1v) is 16.1. The van der Waals surface area contributed by atoms with E-state index >= 15 is 0 Å². The van der Waals surface area contributed by atoms with Gasteiger partial charge in [0.2, 0.25) is 0 Å². The molecule has 242 valence electrons. The van der Waals surface area contributed by atoms with Crippen molar-refractivity contribution < 1.29 is 50.5 Å². The monoisotopic (exact) mass is 690 g/mol. The highest BCUT2D eigenvalue weighted by molar-refractivity contribution is 7.86. The molecule has 0 fully saturated rings. The van der Waals surface area contributed by atoms with Crippen LogP contribution < -0.4 is 11.1 Å². The van der Waals surface area contributed by atoms with Gasteiger partial charge in [0.1, 0.15) is 10.6 Å². The Balaban J connectivity index is 1.48. The van der Waals surface area contributed by atoms with Gasteiger partial charge in [-0.25, -0.2) is 4.79 Å². The molecule has 0 saturated heterocycles. The second-order valence-corrected chi connectivity index (χ2v) is 13.0. The average Bonchev–Trinajstić information content (AvgIpc) is 3.30. The number of imide groups is 1. The number of phenols is 1. The topological polar surface area (TPSA) is 288 Å². The molecular weight excluding hydrogens is 672 g/mol. The van der Waals surface area contributed by atoms with Gasteiger partial charge in [0.15, 0.2) is 5.75 Å². The second kappa shape index (κ2) is 11.3. The van der Waals surface area contributed by atoms with Gasteiger partial charge in [0.25, 0.3) is 32.1 Å². The number of hydrogen-bond donors (Lipinski definition) is 6. The number of azo groups is 2. The van der Waals surface area contributed by atoms with Gasteiger partial charge in [0, 0.05) is 16.2 Å². The van der Waals surface area contributed by atoms with Crippen molar-refractivity contribution in [1.82, 2.24) is 5.32 Å². The lowest BCUT2D eigenvalue weighted by Gasteiger charge is -2.11. The molecule has 0 radical (unpaired) electrons. The Bertz CT molecular complexity index is 2580. The van der Waals surface area contributed by atoms with E-state index in [0.29, 0.717) is 0 Å². The van der Waals surface area contributed by atoms with E-state index < -0.39 is 70.5 Å². The van der Waals surface area contributed by atoms with E-state index in [1.54, 1.807) is 0 Å². The minimum absolute atomic E-state index is 0.0449. The predicted octanol–water partition coefficient (Wildman–Crippen LogP) is 5.19. The molecule has 19 heteroatoms. The number of aromatic hydroxyl groups is 1. The first-order valence-electron chi connectivity index (χ1n) is 13.2. The van der Waals surface area contributed by atoms with Crippen LogP contribution >= 0.6 is 0 Å². The summed E-state index contributed by atoms with van der Waals surface area (Å²) in [6.07, 6.45) is 0. The first kappa shape index (κ1) is 31.8. The molecule has 0 aromatic heterocycles. The summed E-state index contributed by atoms with van der Waals surface area (Å²) in [7, 11) is -9.50. The minimum Gasteiger partial charge on any atom is -0.505 e. The number of fused-ring (bicyclic) bond motifs is 3. The molecule has 1 aliphatic heterocycles. The van der Waals surface area contributed by atoms with E-state index in [9.17, 15) is 50.5 Å². The van der Waals surface area contributed by atoms with E-state index in [0.717, 1.165) is 30.3 Å². The maximum atomic E-state index is 12.1. The molecule has 0 spiro atoms. The highest BCUT2D eigenvalue weighted by atomic mass is 32.2. The Kier molecular flexibility index (Phi) is 7.47. The van der Waals surface area contributed by atoms with E-state index in [1.165, 1.54) is 36.4 Å². The van der Waals surface area contributed by atoms with Crippen LogP contribution in [0, 0.1) is 0 Å². The van der Waals surface area contributed by atoms with Gasteiger partial charge >= 0.3 is 5.97 Å². The van der Waals surface area contributed by atoms with Gasteiger partial charge in [-0.15, -0.1) is 15.3 Å². The number of benzene rings is 5. The normalized spacial score (nSPS) is 13.5. The van der Waals surface area contributed by atoms with E-state index in [4.69, 9.17) is 5.73 Å². The SMILES string of the molecule is Nc1cc2c(O)c(N=Nc3ccc(N=Nc4ccc5c(c4)C(=O)NC5=O)c4ccc(S(=O)(=O)O)cc34)c(C(=O)O)cc2cc1S(=O)(=O)O. The maximum Gasteiger partial charge on any atom is 0.338 e. The Hall–Kier alpha value is -6.15. The van der Waals surface area contributed by atoms with Crippen LogP contribution in [0.15, 0.2) is 97.0 Å². The van der Waals surface area contributed by atoms with Gasteiger partial charge < -0.3 is 15.9 Å². The summed E-state index contributed by atoms with van der Waals surface area (Å²) in [5, 5.41) is 39.3. The van der Waals surface area contributed by atoms with Crippen LogP contribution in [0.4, 0.5) is 28.4 Å². The van der Waals surface area contributed by atoms with Crippen LogP contribution in [-0.2, 0) is 20.2 Å². The number of carbonyl (C=O) groups is 3. The van der Waals surface area contributed by atoms with Gasteiger partial charge in [-0.3, -0.25) is 24.0 Å². The van der Waals surface area contributed by atoms with Crippen molar-refractivity contribution in [2.75, 3.05) is 5.73 Å². The molecule has 17 nitrogen and oxygen atoms in total. The number of carboxylic acids is 1. The Morgan fingerprint density at radius 2 is 1.38 bits per heavy atom. The Morgan fingerprint density at radius 3 is 2.04 bits per heavy atom. The smallest absolute Gasteiger partial charge is 0.338 e. The average molecular weight is 691 g/mol. The van der Waals surface area contributed by atoms with E-state index in [1.807, 2.05) is 0 Å². The molecule has 6 rings (SSSR count). The van der Waals surface area contributed by atoms with Crippen molar-refractivity contribution in [1.29, 1.82) is 0 Å². The molecule has 0 atom stereocenters. The molecule has 48 heavy (non-hydrogen) atoms. The molecule has 5 aromatic carbocycles. The van der Waals surface area contributed by atoms with Crippen LogP contribution in [0.25, 0.3) is 21.5 Å². The summed E-state index contributed by atoms with van der Waals surface area (Å²) < 4.78 is 66.4. The summed E-state index contributed by atoms with van der Waals surface area (Å²) in [4.78, 5) is 34.7. The fourth-order valence-electron chi connectivity index (χ4n) is 4.97. The number of rotatable bonds is 7. The van der Waals surface area contributed by atoms with Crippen molar-refractivity contribution >= 4 is 88.0 Å². The molecule has 0 unspecified atom stereocenters. The number of nitrogen functional groups attached to an aromatic ring is 1. The third-order valence-electron chi connectivity index (χ3n) is 7.21. The zero-order valence-electron chi connectivity index (χ0n) is 23.7. The Morgan fingerprint density at radius 1 is 0.708 bits per heavy atom. The quantitative estimate of drug-likeness (QED) is 0.0557. The number of aromatic carboxylic acids is 1. The number of nitrogens with two attached hydrogens (primary N) is 1. The lowest BCUT2D eigenvalue weighted by Crippen LogP contribution is -2.19. The van der Waals surface area contributed by atoms with Crippen molar-refractivity contribution in [3.05, 3.63) is 83.4 Å². The number of carboxylic acid groups (broad SMARTS) is 1. The minimum atomic E-state index is -4.79. The van der Waals surface area contributed by atoms with E-state index in [-0.39, 0.29) is 49.7 Å². The van der Waals surface area contributed by atoms with Gasteiger partial charge in [-0.05, 0) is 66.0 Å². The fraction of sp³-hybridized carbons (Fsp3) is 0. The van der Waals surface area contributed by atoms with Gasteiger partial charge in [-0.2, -0.15) is 21.9 Å². The number of nitrogens with zero attached hydrogens (tertiary/aromatic N) is 4. The van der Waals surface area contributed by atoms with Gasteiger partial charge in [0.05, 0.1) is 44.3 Å². The summed E-state index contributed by atoms with van der Waals surface area (Å²) in [5.41, 5.74) is 4.68. The third-order valence-corrected chi connectivity index (χ3v) is 8.97. The highest BCUT2D eigenvalue weighted by Crippen LogP contribution is 2.43. The van der Waals surface area contributed by atoms with E-state index in [2.05, 4.69) is 25.8 Å². The van der Waals surface area contributed by atoms with Crippen LogP contribution in [0.2, 0.25) is 0 Å². The summed E-state index contributed by atoms with van der Waals surface area (Å²) >= 11 is 0. The maximum absolute atomic E-state index is 12.1. The Labute approximate surface area is 268 Å². The standard InChI is InChI=1S/C29H18N6O11S2/c30-21-11-17-12(8-24(21)48(44,45)46)7-20(29(39)40)25(26(17)36)35-34-23-6-5-22(15-4-2-14(10-18(15)23)47(41,42)43)33-32-13-1-3-16-19(9-13)28(38)31-27(16)37/h1-11,36H,30H2,(H,39,40)(H,31,37,38)(H,41,42,43)(H,44,45,46). The van der Waals surface area contributed by atoms with Crippen LogP contribution in [0.1, 0.15) is 31.1 Å². The number of hydrogen-bond acceptors (Lipinski definition) is 13.